The van der Waals surface area contributed by atoms with E-state index in [1.165, 1.54) is 34.1 Å². The Morgan fingerprint density at radius 1 is 0.575 bits per heavy atom. The molecule has 6 atom stereocenters. The van der Waals surface area contributed by atoms with Crippen LogP contribution in [0.1, 0.15) is 110 Å². The topological polar surface area (TPSA) is 210 Å². The lowest BCUT2D eigenvalue weighted by atomic mass is 10.0. The Kier molecular flexibility index (Phi) is 24.5. The first-order valence-corrected chi connectivity index (χ1v) is 27.3. The fourth-order valence-electron chi connectivity index (χ4n) is 9.83. The molecule has 3 aromatic carbocycles. The monoisotopic (exact) mass is 1130 g/mol. The summed E-state index contributed by atoms with van der Waals surface area (Å²) in [6, 6.07) is 18.5. The summed E-state index contributed by atoms with van der Waals surface area (Å²) in [5, 5.41) is 13.9. The Morgan fingerprint density at radius 2 is 0.988 bits per heavy atom. The highest BCUT2D eigenvalue weighted by Gasteiger charge is 2.46. The molecule has 0 bridgehead atoms. The Labute approximate surface area is 463 Å². The lowest BCUT2D eigenvalue weighted by Crippen LogP contribution is -2.55. The van der Waals surface area contributed by atoms with Crippen molar-refractivity contribution in [3.63, 3.8) is 0 Å². The number of halogens is 6. The number of amides is 7. The van der Waals surface area contributed by atoms with Gasteiger partial charge in [-0.1, -0.05) is 79.2 Å². The molecule has 0 saturated carbocycles. The van der Waals surface area contributed by atoms with Gasteiger partial charge in [-0.25, -0.2) is 0 Å². The van der Waals surface area contributed by atoms with Crippen LogP contribution < -0.4 is 26.6 Å². The number of hydrogen-bond acceptors (Lipinski definition) is 10. The Bertz CT molecular complexity index is 2370. The van der Waals surface area contributed by atoms with Crippen molar-refractivity contribution in [3.8, 4) is 0 Å². The van der Waals surface area contributed by atoms with Crippen molar-refractivity contribution in [2.45, 2.75) is 140 Å². The van der Waals surface area contributed by atoms with E-state index in [1.807, 2.05) is 0 Å². The molecule has 0 unspecified atom stereocenters. The summed E-state index contributed by atoms with van der Waals surface area (Å²) in [5.41, 5.74) is 2.02. The number of Topliss-reactive ketones (excluding diaryl/α,β-unsaturated/α-hetero) is 1. The highest BCUT2D eigenvalue weighted by Crippen LogP contribution is 2.27. The maximum absolute atomic E-state index is 14.2. The molecule has 7 amide bonds. The molecule has 2 heterocycles. The Hall–Kier alpha value is -6.88. The first-order chi connectivity index (χ1) is 38.0. The van der Waals surface area contributed by atoms with Gasteiger partial charge in [0.15, 0.2) is 5.78 Å². The zero-order valence-electron chi connectivity index (χ0n) is 45.8. The number of likely N-dealkylation sites (N-methyl/N-ethyl adjacent to an activating group) is 2. The molecule has 2 saturated heterocycles. The summed E-state index contributed by atoms with van der Waals surface area (Å²) in [7, 11) is 3.14. The second-order valence-electron chi connectivity index (χ2n) is 20.4. The molecule has 17 nitrogen and oxygen atoms in total. The molecule has 3 aromatic rings. The van der Waals surface area contributed by atoms with Crippen molar-refractivity contribution >= 4 is 47.1 Å². The van der Waals surface area contributed by atoms with Crippen molar-refractivity contribution in [1.82, 2.24) is 46.2 Å². The van der Waals surface area contributed by atoms with Crippen molar-refractivity contribution in [2.75, 3.05) is 59.9 Å². The smallest absolute Gasteiger partial charge is 0.352 e. The van der Waals surface area contributed by atoms with E-state index in [2.05, 4.69) is 26.6 Å². The Morgan fingerprint density at radius 3 is 1.40 bits per heavy atom. The molecular formula is C57H75F6N9O8. The molecule has 2 fully saturated rings. The molecule has 0 aromatic heterocycles. The SMILES string of the molecule is CN[C@@H](C)C(=O)N[C@@H](CCCCC(=O)c1ccc(C(=O)NCCC[C@H](NC(=O)[C@H](C)NC)C(=O)N2CCC[C@H]2CN(CCc2ccccc2)C(=O)C(F)(F)F)cc1)C(=O)N1CCC[C@H]1CN(CCc1ccccc1)C(=O)C(F)(F)F. The zero-order chi connectivity index (χ0) is 58.6. The van der Waals surface area contributed by atoms with E-state index in [0.717, 1.165) is 20.9 Å². The summed E-state index contributed by atoms with van der Waals surface area (Å²) in [6.45, 7) is 2.56. The van der Waals surface area contributed by atoms with Crippen LogP contribution in [0.4, 0.5) is 26.3 Å². The molecule has 0 spiro atoms. The first kappa shape index (κ1) is 63.9. The number of ketones is 1. The van der Waals surface area contributed by atoms with Gasteiger partial charge in [0.05, 0.1) is 12.1 Å². The third-order valence-corrected chi connectivity index (χ3v) is 14.7. The number of rotatable bonds is 29. The number of likely N-dealkylation sites (tertiary alicyclic amines) is 2. The number of unbranched alkanes of at least 4 members (excludes halogenated alkanes) is 1. The normalized spacial score (nSPS) is 17.0. The summed E-state index contributed by atoms with van der Waals surface area (Å²) in [4.78, 5) is 111. The largest absolute Gasteiger partial charge is 0.471 e. The van der Waals surface area contributed by atoms with Crippen molar-refractivity contribution in [2.24, 2.45) is 0 Å². The highest BCUT2D eigenvalue weighted by atomic mass is 19.4. The average molecular weight is 1130 g/mol. The molecule has 0 radical (unpaired) electrons. The number of nitrogens with zero attached hydrogens (tertiary/aromatic N) is 4. The molecule has 5 rings (SSSR count). The van der Waals surface area contributed by atoms with E-state index in [0.29, 0.717) is 44.1 Å². The minimum Gasteiger partial charge on any atom is -0.352 e. The third kappa shape index (κ3) is 19.2. The summed E-state index contributed by atoms with van der Waals surface area (Å²) >= 11 is 0. The average Bonchev–Trinajstić information content (AvgIpc) is 4.13. The van der Waals surface area contributed by atoms with Crippen molar-refractivity contribution < 1.29 is 64.7 Å². The van der Waals surface area contributed by atoms with Gasteiger partial charge < -0.3 is 46.2 Å². The van der Waals surface area contributed by atoms with E-state index in [9.17, 15) is 64.7 Å². The van der Waals surface area contributed by atoms with Crippen LogP contribution in [0, 0.1) is 0 Å². The number of nitrogens with one attached hydrogen (secondary N) is 5. The van der Waals surface area contributed by atoms with Crippen LogP contribution in [0.25, 0.3) is 0 Å². The maximum atomic E-state index is 14.2. The van der Waals surface area contributed by atoms with Crippen LogP contribution >= 0.6 is 0 Å². The predicted molar refractivity (Wildman–Crippen MR) is 287 cm³/mol. The van der Waals surface area contributed by atoms with Gasteiger partial charge in [0.25, 0.3) is 5.91 Å². The summed E-state index contributed by atoms with van der Waals surface area (Å²) < 4.78 is 82.8. The lowest BCUT2D eigenvalue weighted by Gasteiger charge is -2.33. The van der Waals surface area contributed by atoms with Crippen molar-refractivity contribution in [1.29, 1.82) is 0 Å². The van der Waals surface area contributed by atoms with Gasteiger partial charge in [-0.15, -0.1) is 0 Å². The van der Waals surface area contributed by atoms with Crippen LogP contribution in [-0.2, 0) is 41.6 Å². The zero-order valence-corrected chi connectivity index (χ0v) is 45.8. The van der Waals surface area contributed by atoms with Crippen LogP contribution in [0.3, 0.4) is 0 Å². The first-order valence-electron chi connectivity index (χ1n) is 27.3. The molecule has 0 aliphatic carbocycles. The molecule has 5 N–H and O–H groups in total. The maximum Gasteiger partial charge on any atom is 0.471 e. The third-order valence-electron chi connectivity index (χ3n) is 14.7. The van der Waals surface area contributed by atoms with Crippen molar-refractivity contribution in [3.05, 3.63) is 107 Å². The van der Waals surface area contributed by atoms with E-state index in [4.69, 9.17) is 0 Å². The minimum atomic E-state index is -5.13. The Balaban J connectivity index is 1.14. The molecule has 23 heteroatoms. The van der Waals surface area contributed by atoms with Gasteiger partial charge in [-0.05, 0) is 115 Å². The number of benzene rings is 3. The number of carbonyl (C=O) groups excluding carboxylic acids is 8. The number of carbonyl (C=O) groups is 8. The highest BCUT2D eigenvalue weighted by molar-refractivity contribution is 5.99. The second kappa shape index (κ2) is 30.6. The second-order valence-corrected chi connectivity index (χ2v) is 20.4. The van der Waals surface area contributed by atoms with E-state index < -0.39 is 90.0 Å². The molecule has 2 aliphatic rings. The van der Waals surface area contributed by atoms with Crippen LogP contribution in [0.5, 0.6) is 0 Å². The fourth-order valence-corrected chi connectivity index (χ4v) is 9.83. The van der Waals surface area contributed by atoms with Gasteiger partial charge in [-0.2, -0.15) is 26.3 Å². The van der Waals surface area contributed by atoms with Gasteiger partial charge in [0.2, 0.25) is 23.6 Å². The predicted octanol–water partition coefficient (Wildman–Crippen LogP) is 5.37. The lowest BCUT2D eigenvalue weighted by molar-refractivity contribution is -0.186. The van der Waals surface area contributed by atoms with Crippen LogP contribution in [0.15, 0.2) is 84.9 Å². The fraction of sp³-hybridized carbons (Fsp3) is 0.544. The summed E-state index contributed by atoms with van der Waals surface area (Å²) in [6.07, 6.45) is -7.19. The quantitative estimate of drug-likeness (QED) is 0.0341. The van der Waals surface area contributed by atoms with Gasteiger partial charge in [0.1, 0.15) is 12.1 Å². The van der Waals surface area contributed by atoms with Crippen LogP contribution in [-0.4, -0.2) is 175 Å². The van der Waals surface area contributed by atoms with Gasteiger partial charge in [0, 0.05) is 75.4 Å². The molecular weight excluding hydrogens is 1050 g/mol. The van der Waals surface area contributed by atoms with Crippen LogP contribution in [0.2, 0.25) is 0 Å². The number of alkyl halides is 6. The molecule has 80 heavy (non-hydrogen) atoms. The molecule has 2 aliphatic heterocycles. The van der Waals surface area contributed by atoms with Gasteiger partial charge in [-0.3, -0.25) is 38.4 Å². The van der Waals surface area contributed by atoms with Gasteiger partial charge >= 0.3 is 24.2 Å². The van der Waals surface area contributed by atoms with E-state index >= 15 is 0 Å². The molecule has 438 valence electrons. The minimum absolute atomic E-state index is 0.0511. The number of hydrogen-bond donors (Lipinski definition) is 5. The van der Waals surface area contributed by atoms with E-state index in [1.54, 1.807) is 88.6 Å². The summed E-state index contributed by atoms with van der Waals surface area (Å²) in [5.74, 6) is -6.71. The van der Waals surface area contributed by atoms with E-state index in [-0.39, 0.29) is 95.7 Å². The standard InChI is InChI=1S/C57H75F6N9O8/c1-38(64-3)49(74)67-46(52(77)71-32-14-20-44(71)36-69(54(79)56(58,59)60)34-29-40-16-7-5-8-17-40)22-11-12-24-48(73)42-25-27-43(28-26-42)51(76)66-31-13-23-47(68-50(75)39(2)65-4)53(78)72-33-15-21-45(72)37-70(55(80)57(61,62)63)35-30-41-18-9-6-10-19-41/h5-10,16-19,25-28,38-39,44-47,64-65H,11-15,20-24,29-37H2,1-4H3,(H,66,76)(H,67,74)(H,68,75)/t38-,39-,44-,45-,46-,47-/m0/s1.